The smallest absolute Gasteiger partial charge is 0.243 e. The van der Waals surface area contributed by atoms with E-state index >= 15 is 0 Å². The van der Waals surface area contributed by atoms with Gasteiger partial charge in [0.25, 0.3) is 0 Å². The number of aromatic nitrogens is 1. The van der Waals surface area contributed by atoms with E-state index in [4.69, 9.17) is 5.73 Å². The predicted octanol–water partition coefficient (Wildman–Crippen LogP) is 1.17. The van der Waals surface area contributed by atoms with Gasteiger partial charge in [-0.1, -0.05) is 6.92 Å². The van der Waals surface area contributed by atoms with Crippen molar-refractivity contribution < 1.29 is 4.79 Å². The Morgan fingerprint density at radius 1 is 1.47 bits per heavy atom. The molecular formula is C11H17N3O. The topological polar surface area (TPSA) is 59.2 Å². The van der Waals surface area contributed by atoms with E-state index in [2.05, 4.69) is 4.98 Å². The number of carbonyl (C=O) groups is 1. The van der Waals surface area contributed by atoms with Crippen LogP contribution in [0, 0.1) is 0 Å². The maximum Gasteiger partial charge on any atom is 0.243 e. The Morgan fingerprint density at radius 2 is 2.07 bits per heavy atom. The van der Waals surface area contributed by atoms with E-state index in [-0.39, 0.29) is 5.91 Å². The third kappa shape index (κ3) is 2.76. The van der Waals surface area contributed by atoms with Crippen LogP contribution in [0.4, 0.5) is 5.69 Å². The fourth-order valence-electron chi connectivity index (χ4n) is 1.36. The summed E-state index contributed by atoms with van der Waals surface area (Å²) in [5, 5.41) is 0. The number of likely N-dealkylation sites (N-methyl/N-ethyl adjacent to an activating group) is 1. The van der Waals surface area contributed by atoms with E-state index in [1.165, 1.54) is 0 Å². The van der Waals surface area contributed by atoms with Gasteiger partial charge in [-0.05, 0) is 25.5 Å². The number of nitrogens with two attached hydrogens (primary N) is 1. The van der Waals surface area contributed by atoms with E-state index in [1.807, 2.05) is 26.0 Å². The van der Waals surface area contributed by atoms with Gasteiger partial charge >= 0.3 is 0 Å². The molecule has 82 valence electrons. The first kappa shape index (κ1) is 11.7. The highest BCUT2D eigenvalue weighted by Gasteiger charge is 2.19. The highest BCUT2D eigenvalue weighted by atomic mass is 16.2. The standard InChI is InChI=1S/C11H17N3O/c1-3-10(12)11(15)14(4-2)9-5-7-13-8-6-9/h5-8,10H,3-4,12H2,1-2H3/t10-/m0/s1. The molecule has 1 heterocycles. The molecule has 2 N–H and O–H groups in total. The van der Waals surface area contributed by atoms with Crippen LogP contribution in [0.1, 0.15) is 20.3 Å². The summed E-state index contributed by atoms with van der Waals surface area (Å²) in [6.45, 7) is 4.46. The van der Waals surface area contributed by atoms with E-state index in [0.717, 1.165) is 5.69 Å². The Kier molecular flexibility index (Phi) is 4.24. The van der Waals surface area contributed by atoms with Gasteiger partial charge in [-0.3, -0.25) is 9.78 Å². The lowest BCUT2D eigenvalue weighted by molar-refractivity contribution is -0.119. The van der Waals surface area contributed by atoms with Crippen LogP contribution < -0.4 is 10.6 Å². The fourth-order valence-corrected chi connectivity index (χ4v) is 1.36. The molecular weight excluding hydrogens is 190 g/mol. The molecule has 0 radical (unpaired) electrons. The zero-order chi connectivity index (χ0) is 11.3. The Morgan fingerprint density at radius 3 is 2.53 bits per heavy atom. The van der Waals surface area contributed by atoms with Gasteiger partial charge in [0, 0.05) is 24.6 Å². The Balaban J connectivity index is 2.85. The number of hydrogen-bond acceptors (Lipinski definition) is 3. The number of hydrogen-bond donors (Lipinski definition) is 1. The van der Waals surface area contributed by atoms with Crippen molar-refractivity contribution in [2.45, 2.75) is 26.3 Å². The molecule has 0 saturated heterocycles. The van der Waals surface area contributed by atoms with Crippen molar-refractivity contribution >= 4 is 11.6 Å². The van der Waals surface area contributed by atoms with Crippen LogP contribution in [0.2, 0.25) is 0 Å². The van der Waals surface area contributed by atoms with Gasteiger partial charge in [0.15, 0.2) is 0 Å². The highest BCUT2D eigenvalue weighted by Crippen LogP contribution is 2.13. The van der Waals surface area contributed by atoms with Crippen LogP contribution in [0.25, 0.3) is 0 Å². The molecule has 1 aromatic heterocycles. The van der Waals surface area contributed by atoms with E-state index < -0.39 is 6.04 Å². The summed E-state index contributed by atoms with van der Waals surface area (Å²) in [6, 6.07) is 3.20. The first-order valence-corrected chi connectivity index (χ1v) is 5.17. The minimum atomic E-state index is -0.418. The van der Waals surface area contributed by atoms with Gasteiger partial charge in [-0.25, -0.2) is 0 Å². The van der Waals surface area contributed by atoms with E-state index in [1.54, 1.807) is 17.3 Å². The van der Waals surface area contributed by atoms with Gasteiger partial charge in [0.05, 0.1) is 6.04 Å². The number of nitrogens with zero attached hydrogens (tertiary/aromatic N) is 2. The lowest BCUT2D eigenvalue weighted by atomic mass is 10.2. The molecule has 1 rings (SSSR count). The Bertz CT molecular complexity index is 313. The molecule has 1 amide bonds. The molecule has 0 fully saturated rings. The van der Waals surface area contributed by atoms with Crippen LogP contribution in [0.3, 0.4) is 0 Å². The van der Waals surface area contributed by atoms with Gasteiger partial charge in [0.2, 0.25) is 5.91 Å². The number of pyridine rings is 1. The Labute approximate surface area is 90.1 Å². The summed E-state index contributed by atoms with van der Waals surface area (Å²) in [5.74, 6) is -0.0359. The normalized spacial score (nSPS) is 12.2. The maximum atomic E-state index is 11.9. The average Bonchev–Trinajstić information content (AvgIpc) is 2.30. The third-order valence-electron chi connectivity index (χ3n) is 2.31. The largest absolute Gasteiger partial charge is 0.320 e. The second-order valence-corrected chi connectivity index (χ2v) is 3.30. The lowest BCUT2D eigenvalue weighted by Crippen LogP contribution is -2.43. The van der Waals surface area contributed by atoms with Crippen molar-refractivity contribution in [3.63, 3.8) is 0 Å². The molecule has 0 saturated carbocycles. The summed E-state index contributed by atoms with van der Waals surface area (Å²) >= 11 is 0. The second kappa shape index (κ2) is 5.46. The molecule has 0 aromatic carbocycles. The van der Waals surface area contributed by atoms with Gasteiger partial charge in [-0.2, -0.15) is 0 Å². The van der Waals surface area contributed by atoms with Gasteiger partial charge in [-0.15, -0.1) is 0 Å². The number of rotatable bonds is 4. The second-order valence-electron chi connectivity index (χ2n) is 3.30. The zero-order valence-electron chi connectivity index (χ0n) is 9.18. The first-order chi connectivity index (χ1) is 7.20. The maximum absolute atomic E-state index is 11.9. The molecule has 15 heavy (non-hydrogen) atoms. The zero-order valence-corrected chi connectivity index (χ0v) is 9.18. The van der Waals surface area contributed by atoms with E-state index in [0.29, 0.717) is 13.0 Å². The number of anilines is 1. The highest BCUT2D eigenvalue weighted by molar-refractivity contribution is 5.96. The van der Waals surface area contributed by atoms with Crippen molar-refractivity contribution in [1.82, 2.24) is 4.98 Å². The van der Waals surface area contributed by atoms with Crippen molar-refractivity contribution in [2.24, 2.45) is 5.73 Å². The van der Waals surface area contributed by atoms with Crippen molar-refractivity contribution in [3.05, 3.63) is 24.5 Å². The minimum absolute atomic E-state index is 0.0359. The minimum Gasteiger partial charge on any atom is -0.320 e. The molecule has 1 aromatic rings. The third-order valence-corrected chi connectivity index (χ3v) is 2.31. The molecule has 1 atom stereocenters. The lowest BCUT2D eigenvalue weighted by Gasteiger charge is -2.23. The molecule has 4 nitrogen and oxygen atoms in total. The predicted molar refractivity (Wildman–Crippen MR) is 60.5 cm³/mol. The summed E-state index contributed by atoms with van der Waals surface area (Å²) in [7, 11) is 0. The van der Waals surface area contributed by atoms with Crippen molar-refractivity contribution in [2.75, 3.05) is 11.4 Å². The molecule has 0 unspecified atom stereocenters. The molecule has 0 aliphatic rings. The van der Waals surface area contributed by atoms with Crippen LogP contribution >= 0.6 is 0 Å². The number of amides is 1. The van der Waals surface area contributed by atoms with E-state index in [9.17, 15) is 4.79 Å². The van der Waals surface area contributed by atoms with Crippen LogP contribution in [0.5, 0.6) is 0 Å². The monoisotopic (exact) mass is 207 g/mol. The molecule has 0 bridgehead atoms. The molecule has 4 heteroatoms. The molecule has 0 spiro atoms. The summed E-state index contributed by atoms with van der Waals surface area (Å²) in [4.78, 5) is 17.5. The quantitative estimate of drug-likeness (QED) is 0.806. The van der Waals surface area contributed by atoms with Crippen LogP contribution in [-0.4, -0.2) is 23.5 Å². The number of carbonyl (C=O) groups excluding carboxylic acids is 1. The van der Waals surface area contributed by atoms with Gasteiger partial charge < -0.3 is 10.6 Å². The summed E-state index contributed by atoms with van der Waals surface area (Å²) in [6.07, 6.45) is 3.99. The molecule has 0 aliphatic carbocycles. The SMILES string of the molecule is CC[C@H](N)C(=O)N(CC)c1ccncc1. The van der Waals surface area contributed by atoms with Crippen molar-refractivity contribution in [1.29, 1.82) is 0 Å². The van der Waals surface area contributed by atoms with Crippen LogP contribution in [-0.2, 0) is 4.79 Å². The van der Waals surface area contributed by atoms with Gasteiger partial charge in [0.1, 0.15) is 0 Å². The van der Waals surface area contributed by atoms with Crippen molar-refractivity contribution in [3.8, 4) is 0 Å². The molecule has 0 aliphatic heterocycles. The Hall–Kier alpha value is -1.42. The average molecular weight is 207 g/mol. The van der Waals surface area contributed by atoms with Crippen LogP contribution in [0.15, 0.2) is 24.5 Å². The fraction of sp³-hybridized carbons (Fsp3) is 0.455. The first-order valence-electron chi connectivity index (χ1n) is 5.17. The summed E-state index contributed by atoms with van der Waals surface area (Å²) < 4.78 is 0. The summed E-state index contributed by atoms with van der Waals surface area (Å²) in [5.41, 5.74) is 6.57.